The van der Waals surface area contributed by atoms with Crippen LogP contribution in [0.1, 0.15) is 13.3 Å². The minimum Gasteiger partial charge on any atom is -0.396 e. The molecule has 1 atom stereocenters. The fraction of sp³-hybridized carbons (Fsp3) is 0.500. The van der Waals surface area contributed by atoms with Crippen LogP contribution in [0.15, 0.2) is 23.9 Å². The van der Waals surface area contributed by atoms with Crippen molar-refractivity contribution in [2.75, 3.05) is 6.61 Å². The summed E-state index contributed by atoms with van der Waals surface area (Å²) in [6, 6.07) is 0. The Morgan fingerprint density at radius 1 is 1.73 bits per heavy atom. The Kier molecular flexibility index (Phi) is 2.31. The first-order chi connectivity index (χ1) is 5.19. The fourth-order valence-corrected chi connectivity index (χ4v) is 1.10. The summed E-state index contributed by atoms with van der Waals surface area (Å²) in [7, 11) is 0. The molecule has 0 aromatic heterocycles. The molecule has 0 radical (unpaired) electrons. The van der Waals surface area contributed by atoms with E-state index in [1.807, 2.05) is 19.1 Å². The Labute approximate surface area is 66.6 Å². The molecule has 4 N–H and O–H groups in total. The highest BCUT2D eigenvalue weighted by Gasteiger charge is 2.25. The van der Waals surface area contributed by atoms with Crippen molar-refractivity contribution in [1.82, 2.24) is 5.32 Å². The molecular formula is C8H14N2O. The smallest absolute Gasteiger partial charge is 0.110 e. The van der Waals surface area contributed by atoms with E-state index in [2.05, 4.69) is 5.32 Å². The van der Waals surface area contributed by atoms with E-state index in [0.29, 0.717) is 6.42 Å². The molecule has 0 amide bonds. The maximum absolute atomic E-state index is 8.73. The predicted octanol–water partition coefficient (Wildman–Crippen LogP) is 0.0870. The first-order valence-electron chi connectivity index (χ1n) is 3.70. The van der Waals surface area contributed by atoms with Crippen LogP contribution in [-0.2, 0) is 0 Å². The molecule has 1 aliphatic heterocycles. The van der Waals surface area contributed by atoms with Gasteiger partial charge in [0.2, 0.25) is 0 Å². The summed E-state index contributed by atoms with van der Waals surface area (Å²) < 4.78 is 0. The van der Waals surface area contributed by atoms with Crippen LogP contribution < -0.4 is 11.1 Å². The number of aliphatic hydroxyl groups excluding tert-OH is 1. The Morgan fingerprint density at radius 3 is 3.00 bits per heavy atom. The number of aliphatic hydroxyl groups is 1. The van der Waals surface area contributed by atoms with Crippen LogP contribution in [0.25, 0.3) is 0 Å². The van der Waals surface area contributed by atoms with Gasteiger partial charge in [-0.05, 0) is 24.8 Å². The number of nitrogens with two attached hydrogens (primary N) is 1. The van der Waals surface area contributed by atoms with Gasteiger partial charge in [0.15, 0.2) is 0 Å². The summed E-state index contributed by atoms with van der Waals surface area (Å²) in [6.45, 7) is 2.05. The van der Waals surface area contributed by atoms with E-state index in [1.165, 1.54) is 0 Å². The highest BCUT2D eigenvalue weighted by molar-refractivity contribution is 5.26. The maximum atomic E-state index is 8.73. The second kappa shape index (κ2) is 3.07. The number of dihydropyridines is 1. The first-order valence-corrected chi connectivity index (χ1v) is 3.70. The molecule has 0 saturated heterocycles. The predicted molar refractivity (Wildman–Crippen MR) is 44.7 cm³/mol. The number of allylic oxidation sites excluding steroid dienone is 2. The third kappa shape index (κ3) is 1.61. The van der Waals surface area contributed by atoms with E-state index in [-0.39, 0.29) is 6.61 Å². The van der Waals surface area contributed by atoms with E-state index >= 15 is 0 Å². The number of nitrogens with one attached hydrogen (secondary N) is 1. The van der Waals surface area contributed by atoms with Crippen molar-refractivity contribution in [2.24, 2.45) is 5.73 Å². The summed E-state index contributed by atoms with van der Waals surface area (Å²) in [5.41, 5.74) is 6.43. The highest BCUT2D eigenvalue weighted by atomic mass is 16.3. The van der Waals surface area contributed by atoms with Crippen LogP contribution in [0.5, 0.6) is 0 Å². The lowest BCUT2D eigenvalue weighted by Crippen LogP contribution is -2.53. The lowest BCUT2D eigenvalue weighted by atomic mass is 9.96. The van der Waals surface area contributed by atoms with Gasteiger partial charge >= 0.3 is 0 Å². The van der Waals surface area contributed by atoms with E-state index in [4.69, 9.17) is 10.8 Å². The van der Waals surface area contributed by atoms with Gasteiger partial charge in [0.1, 0.15) is 5.66 Å². The molecule has 0 spiro atoms. The van der Waals surface area contributed by atoms with Gasteiger partial charge in [-0.25, -0.2) is 0 Å². The molecule has 1 rings (SSSR count). The summed E-state index contributed by atoms with van der Waals surface area (Å²) in [5.74, 6) is 0. The zero-order valence-corrected chi connectivity index (χ0v) is 6.67. The summed E-state index contributed by atoms with van der Waals surface area (Å²) in [4.78, 5) is 0. The second-order valence-corrected chi connectivity index (χ2v) is 2.80. The van der Waals surface area contributed by atoms with Crippen LogP contribution in [0.2, 0.25) is 0 Å². The van der Waals surface area contributed by atoms with Crippen molar-refractivity contribution in [3.63, 3.8) is 0 Å². The maximum Gasteiger partial charge on any atom is 0.110 e. The molecule has 0 aromatic carbocycles. The van der Waals surface area contributed by atoms with Gasteiger partial charge in [-0.1, -0.05) is 6.08 Å². The lowest BCUT2D eigenvalue weighted by Gasteiger charge is -2.32. The third-order valence-electron chi connectivity index (χ3n) is 1.99. The molecule has 0 bridgehead atoms. The average Bonchev–Trinajstić information content (AvgIpc) is 1.96. The normalized spacial score (nSPS) is 29.5. The van der Waals surface area contributed by atoms with Crippen molar-refractivity contribution >= 4 is 0 Å². The third-order valence-corrected chi connectivity index (χ3v) is 1.99. The van der Waals surface area contributed by atoms with Gasteiger partial charge in [-0.3, -0.25) is 0 Å². The molecule has 1 unspecified atom stereocenters. The summed E-state index contributed by atoms with van der Waals surface area (Å²) in [6.07, 6.45) is 6.19. The molecule has 3 nitrogen and oxygen atoms in total. The molecule has 62 valence electrons. The van der Waals surface area contributed by atoms with Crippen LogP contribution in [0.4, 0.5) is 0 Å². The molecular weight excluding hydrogens is 140 g/mol. The van der Waals surface area contributed by atoms with Crippen molar-refractivity contribution < 1.29 is 5.11 Å². The summed E-state index contributed by atoms with van der Waals surface area (Å²) in [5, 5.41) is 11.7. The van der Waals surface area contributed by atoms with Crippen LogP contribution >= 0.6 is 0 Å². The van der Waals surface area contributed by atoms with Gasteiger partial charge in [-0.15, -0.1) is 0 Å². The van der Waals surface area contributed by atoms with Crippen LogP contribution in [-0.4, -0.2) is 17.4 Å². The Bertz CT molecular complexity index is 198. The molecule has 0 saturated carbocycles. The minimum atomic E-state index is -0.538. The number of rotatable bonds is 2. The van der Waals surface area contributed by atoms with Crippen molar-refractivity contribution in [1.29, 1.82) is 0 Å². The Hall–Kier alpha value is -0.800. The lowest BCUT2D eigenvalue weighted by molar-refractivity contribution is 0.241. The van der Waals surface area contributed by atoms with Gasteiger partial charge < -0.3 is 16.2 Å². The van der Waals surface area contributed by atoms with Gasteiger partial charge in [0.05, 0.1) is 0 Å². The largest absolute Gasteiger partial charge is 0.396 e. The minimum absolute atomic E-state index is 0.0997. The molecule has 0 fully saturated rings. The monoisotopic (exact) mass is 154 g/mol. The van der Waals surface area contributed by atoms with E-state index in [0.717, 1.165) is 5.57 Å². The van der Waals surface area contributed by atoms with Gasteiger partial charge in [0, 0.05) is 13.0 Å². The average molecular weight is 154 g/mol. The number of hydrogen-bond acceptors (Lipinski definition) is 3. The van der Waals surface area contributed by atoms with Crippen LogP contribution in [0.3, 0.4) is 0 Å². The molecule has 11 heavy (non-hydrogen) atoms. The fourth-order valence-electron chi connectivity index (χ4n) is 1.10. The highest BCUT2D eigenvalue weighted by Crippen LogP contribution is 2.16. The zero-order valence-electron chi connectivity index (χ0n) is 6.67. The number of hydrogen-bond donors (Lipinski definition) is 3. The van der Waals surface area contributed by atoms with Crippen molar-refractivity contribution in [2.45, 2.75) is 19.0 Å². The first kappa shape index (κ1) is 8.30. The molecule has 1 heterocycles. The second-order valence-electron chi connectivity index (χ2n) is 2.80. The summed E-state index contributed by atoms with van der Waals surface area (Å²) >= 11 is 0. The quantitative estimate of drug-likeness (QED) is 0.528. The van der Waals surface area contributed by atoms with Gasteiger partial charge in [-0.2, -0.15) is 0 Å². The van der Waals surface area contributed by atoms with Crippen molar-refractivity contribution in [3.05, 3.63) is 23.9 Å². The van der Waals surface area contributed by atoms with E-state index in [9.17, 15) is 0 Å². The molecule has 0 aliphatic carbocycles. The Morgan fingerprint density at radius 2 is 2.45 bits per heavy atom. The SMILES string of the molecule is CC1=CC=CNC1(N)CCO. The van der Waals surface area contributed by atoms with Gasteiger partial charge in [0.25, 0.3) is 0 Å². The molecule has 0 aromatic rings. The Balaban J connectivity index is 2.71. The zero-order chi connectivity index (χ0) is 8.32. The molecule has 1 aliphatic rings. The topological polar surface area (TPSA) is 58.3 Å². The molecule has 3 heteroatoms. The van der Waals surface area contributed by atoms with Crippen LogP contribution in [0, 0.1) is 0 Å². The van der Waals surface area contributed by atoms with E-state index < -0.39 is 5.66 Å². The standard InChI is InChI=1S/C8H14N2O/c1-7-3-2-5-10-8(7,9)4-6-11/h2-3,5,10-11H,4,6,9H2,1H3. The van der Waals surface area contributed by atoms with E-state index in [1.54, 1.807) is 6.20 Å². The van der Waals surface area contributed by atoms with Crippen molar-refractivity contribution in [3.8, 4) is 0 Å².